The third kappa shape index (κ3) is 5.29. The van der Waals surface area contributed by atoms with Crippen LogP contribution in [0, 0.1) is 0 Å². The van der Waals surface area contributed by atoms with Gasteiger partial charge >= 0.3 is 13.4 Å². The van der Waals surface area contributed by atoms with Crippen molar-refractivity contribution < 1.29 is 46.1 Å². The van der Waals surface area contributed by atoms with Crippen molar-refractivity contribution in [1.82, 2.24) is 34.1 Å². The molecule has 5 N–H and O–H groups in total. The molecule has 0 spiro atoms. The number of anilines is 1. The molecule has 7 rings (SSSR count). The number of nitrogens with zero attached hydrogens (tertiary/aromatic N) is 6. The first kappa shape index (κ1) is 30.3. The molecule has 236 valence electrons. The molecule has 10 atom stereocenters. The number of H-pyrrole nitrogens is 1. The summed E-state index contributed by atoms with van der Waals surface area (Å²) >= 11 is 10.3. The maximum atomic E-state index is 16.0. The Morgan fingerprint density at radius 2 is 1.50 bits per heavy atom. The number of ether oxygens (including phenoxy) is 2. The predicted octanol–water partition coefficient (Wildman–Crippen LogP) is 0.868. The minimum atomic E-state index is -4.31. The Morgan fingerprint density at radius 1 is 0.886 bits per heavy atom. The van der Waals surface area contributed by atoms with E-state index in [2.05, 4.69) is 24.9 Å². The lowest BCUT2D eigenvalue weighted by Gasteiger charge is -2.27. The highest BCUT2D eigenvalue weighted by Gasteiger charge is 2.53. The SMILES string of the molecule is Nc1ccnc2c1ncn2[C@@H]1O[C@@H]2COP(O)(=S)O[C@@H]3[C@@H](F)[C@@H](COP(O)(=S)O[C@H]2[C@@H]1F)O[C@H]3n1cnc2c(=O)[nH]cnc21. The number of alkyl halides is 2. The van der Waals surface area contributed by atoms with Crippen molar-refractivity contribution in [3.63, 3.8) is 0 Å². The minimum absolute atomic E-state index is 0.0236. The highest BCUT2D eigenvalue weighted by molar-refractivity contribution is 8.07. The van der Waals surface area contributed by atoms with Crippen molar-refractivity contribution in [2.24, 2.45) is 0 Å². The molecule has 7 heterocycles. The maximum absolute atomic E-state index is 16.0. The zero-order valence-corrected chi connectivity index (χ0v) is 25.3. The molecule has 3 aliphatic heterocycles. The Kier molecular flexibility index (Phi) is 7.67. The summed E-state index contributed by atoms with van der Waals surface area (Å²) in [6.45, 7) is -9.89. The lowest BCUT2D eigenvalue weighted by molar-refractivity contribution is -0.0599. The fourth-order valence-electron chi connectivity index (χ4n) is 5.24. The average molecular weight is 695 g/mol. The molecule has 44 heavy (non-hydrogen) atoms. The summed E-state index contributed by atoms with van der Waals surface area (Å²) in [4.78, 5) is 52.9. The molecular weight excluding hydrogens is 672 g/mol. The summed E-state index contributed by atoms with van der Waals surface area (Å²) < 4.78 is 68.0. The number of pyridine rings is 1. The first-order valence-electron chi connectivity index (χ1n) is 12.8. The maximum Gasteiger partial charge on any atom is 0.325 e. The van der Waals surface area contributed by atoms with Gasteiger partial charge in [-0.05, 0) is 29.7 Å². The summed E-state index contributed by atoms with van der Waals surface area (Å²) in [6.07, 6.45) is -7.85. The van der Waals surface area contributed by atoms with E-state index >= 15 is 8.78 Å². The van der Waals surface area contributed by atoms with Crippen molar-refractivity contribution in [1.29, 1.82) is 0 Å². The molecule has 3 saturated heterocycles. The summed E-state index contributed by atoms with van der Waals surface area (Å²) in [5, 5.41) is 0. The molecule has 0 aromatic carbocycles. The van der Waals surface area contributed by atoms with Gasteiger partial charge in [0.15, 0.2) is 41.6 Å². The third-order valence-corrected chi connectivity index (χ3v) is 10.4. The fraction of sp³-hybridized carbons (Fsp3) is 0.476. The summed E-state index contributed by atoms with van der Waals surface area (Å²) in [5.74, 6) is 0. The molecule has 4 aromatic rings. The van der Waals surface area contributed by atoms with Crippen LogP contribution in [0.5, 0.6) is 0 Å². The molecule has 17 nitrogen and oxygen atoms in total. The van der Waals surface area contributed by atoms with Crippen molar-refractivity contribution in [3.05, 3.63) is 41.6 Å². The van der Waals surface area contributed by atoms with Crippen LogP contribution in [0.3, 0.4) is 0 Å². The quantitative estimate of drug-likeness (QED) is 0.214. The van der Waals surface area contributed by atoms with Crippen LogP contribution in [-0.2, 0) is 51.2 Å². The predicted molar refractivity (Wildman–Crippen MR) is 152 cm³/mol. The van der Waals surface area contributed by atoms with Gasteiger partial charge in [-0.1, -0.05) is 0 Å². The van der Waals surface area contributed by atoms with Crippen LogP contribution in [0.1, 0.15) is 12.5 Å². The topological polar surface area (TPSA) is 216 Å². The van der Waals surface area contributed by atoms with E-state index in [0.29, 0.717) is 11.2 Å². The Hall–Kier alpha value is -2.39. The van der Waals surface area contributed by atoms with Gasteiger partial charge in [-0.15, -0.1) is 0 Å². The van der Waals surface area contributed by atoms with Gasteiger partial charge in [0.1, 0.15) is 29.9 Å². The largest absolute Gasteiger partial charge is 0.397 e. The molecule has 0 aliphatic carbocycles. The fourth-order valence-corrected chi connectivity index (χ4v) is 8.08. The van der Waals surface area contributed by atoms with Crippen LogP contribution >= 0.6 is 13.4 Å². The Labute approximate surface area is 254 Å². The zero-order valence-electron chi connectivity index (χ0n) is 21.9. The van der Waals surface area contributed by atoms with E-state index in [-0.39, 0.29) is 16.8 Å². The molecule has 3 aliphatic rings. The van der Waals surface area contributed by atoms with E-state index in [1.807, 2.05) is 0 Å². The second kappa shape index (κ2) is 11.1. The van der Waals surface area contributed by atoms with Crippen molar-refractivity contribution in [2.75, 3.05) is 18.9 Å². The molecule has 0 radical (unpaired) electrons. The van der Waals surface area contributed by atoms with E-state index in [0.717, 1.165) is 6.33 Å². The van der Waals surface area contributed by atoms with Gasteiger partial charge in [-0.3, -0.25) is 23.0 Å². The van der Waals surface area contributed by atoms with Gasteiger partial charge in [0, 0.05) is 6.20 Å². The van der Waals surface area contributed by atoms with Gasteiger partial charge in [0.25, 0.3) is 5.56 Å². The van der Waals surface area contributed by atoms with E-state index < -0.39 is 81.4 Å². The van der Waals surface area contributed by atoms with Crippen molar-refractivity contribution in [2.45, 2.75) is 49.2 Å². The first-order chi connectivity index (χ1) is 20.9. The Balaban J connectivity index is 1.20. The summed E-state index contributed by atoms with van der Waals surface area (Å²) in [5.41, 5.74) is 6.16. The number of halogens is 2. The van der Waals surface area contributed by atoms with Crippen LogP contribution in [0.2, 0.25) is 0 Å². The lowest BCUT2D eigenvalue weighted by atomic mass is 10.1. The van der Waals surface area contributed by atoms with Crippen LogP contribution in [0.15, 0.2) is 36.0 Å². The number of fused-ring (bicyclic) bond motifs is 5. The smallest absolute Gasteiger partial charge is 0.325 e. The number of aromatic nitrogens is 7. The van der Waals surface area contributed by atoms with Crippen molar-refractivity contribution in [3.8, 4) is 0 Å². The number of hydrogen-bond donors (Lipinski definition) is 4. The number of aromatic amines is 1. The highest BCUT2D eigenvalue weighted by atomic mass is 32.5. The van der Waals surface area contributed by atoms with Gasteiger partial charge < -0.3 is 39.0 Å². The van der Waals surface area contributed by atoms with E-state index in [4.69, 9.17) is 56.9 Å². The van der Waals surface area contributed by atoms with Gasteiger partial charge in [-0.2, -0.15) is 0 Å². The lowest BCUT2D eigenvalue weighted by Crippen LogP contribution is -2.34. The van der Waals surface area contributed by atoms with Crippen LogP contribution in [0.4, 0.5) is 14.5 Å². The molecule has 3 fully saturated rings. The van der Waals surface area contributed by atoms with E-state index in [1.165, 1.54) is 34.1 Å². The average Bonchev–Trinajstić information content (AvgIpc) is 3.73. The number of hydrogen-bond acceptors (Lipinski definition) is 14. The highest BCUT2D eigenvalue weighted by Crippen LogP contribution is 2.54. The number of imidazole rings is 2. The molecule has 4 aromatic heterocycles. The van der Waals surface area contributed by atoms with Crippen LogP contribution in [-0.4, -0.2) is 93.8 Å². The van der Waals surface area contributed by atoms with E-state index in [9.17, 15) is 14.6 Å². The summed E-state index contributed by atoms with van der Waals surface area (Å²) in [7, 11) is 0. The number of nitrogens with one attached hydrogen (secondary N) is 1. The Bertz CT molecular complexity index is 1900. The zero-order chi connectivity index (χ0) is 31.0. The minimum Gasteiger partial charge on any atom is -0.397 e. The monoisotopic (exact) mass is 694 g/mol. The number of nitrogen functional groups attached to an aromatic ring is 1. The Morgan fingerprint density at radius 3 is 2.25 bits per heavy atom. The standard InChI is InChI=1S/C21H22F2N8O9P2S2/c22-11-9-3-35-41(33,43)39-15-10(38-20(12(15)23)30-6-28-13-8(24)1-2-25-17(13)30)4-36-42(34,44)40-16(11)21(37-9)31-7-29-14-18(31)26-5-27-19(14)32/h1-2,5-7,9-12,15-16,20-21H,3-4H2,(H2,24,25)(H,33,43)(H,34,44)(H,26,27,32)/t9-,10-,11+,12+,15-,16-,20-,21-,41?,42?/m1/s1. The second-order valence-electron chi connectivity index (χ2n) is 9.97. The molecule has 0 saturated carbocycles. The third-order valence-electron chi connectivity index (χ3n) is 7.25. The normalized spacial score (nSPS) is 38.3. The van der Waals surface area contributed by atoms with Gasteiger partial charge in [0.05, 0.1) is 37.9 Å². The molecule has 23 heteroatoms. The van der Waals surface area contributed by atoms with Crippen LogP contribution < -0.4 is 11.3 Å². The molecule has 2 bridgehead atoms. The second-order valence-corrected chi connectivity index (χ2v) is 15.5. The van der Waals surface area contributed by atoms with Crippen molar-refractivity contribution >= 4 is 65.1 Å². The number of rotatable bonds is 2. The number of nitrogens with two attached hydrogens (primary N) is 1. The van der Waals surface area contributed by atoms with Gasteiger partial charge in [-0.25, -0.2) is 28.7 Å². The summed E-state index contributed by atoms with van der Waals surface area (Å²) in [6, 6.07) is 1.52. The first-order valence-corrected chi connectivity index (χ1v) is 18.0. The molecular formula is C21H22F2N8O9P2S2. The van der Waals surface area contributed by atoms with E-state index in [1.54, 1.807) is 0 Å². The van der Waals surface area contributed by atoms with Gasteiger partial charge in [0.2, 0.25) is 0 Å². The van der Waals surface area contributed by atoms with Crippen LogP contribution in [0.25, 0.3) is 22.3 Å². The molecule has 2 unspecified atom stereocenters. The molecule has 0 amide bonds.